The van der Waals surface area contributed by atoms with E-state index in [9.17, 15) is 18.6 Å². The van der Waals surface area contributed by atoms with Crippen molar-refractivity contribution < 1.29 is 18.6 Å². The Morgan fingerprint density at radius 3 is 2.43 bits per heavy atom. The smallest absolute Gasteiger partial charge is 0.175 e. The standard InChI is InChI=1S/C15H23NO4S/c1-21(19,20)14-5-3-13(4-6-14)11-16-9-2-7-15(18,12-17)8-10-16/h3-6,17-18H,2,7-12H2,1H3/t15-/m0/s1. The Morgan fingerprint density at radius 1 is 1.19 bits per heavy atom. The fourth-order valence-electron chi connectivity index (χ4n) is 2.65. The van der Waals surface area contributed by atoms with Crippen molar-refractivity contribution in [1.29, 1.82) is 0 Å². The first-order valence-electron chi connectivity index (χ1n) is 7.17. The number of aliphatic hydroxyl groups excluding tert-OH is 1. The molecule has 2 N–H and O–H groups in total. The predicted octanol–water partition coefficient (Wildman–Crippen LogP) is 0.799. The molecule has 0 spiro atoms. The van der Waals surface area contributed by atoms with Gasteiger partial charge in [0.05, 0.1) is 17.1 Å². The predicted molar refractivity (Wildman–Crippen MR) is 80.7 cm³/mol. The second-order valence-corrected chi connectivity index (χ2v) is 7.94. The Balaban J connectivity index is 1.99. The third kappa shape index (κ3) is 4.51. The summed E-state index contributed by atoms with van der Waals surface area (Å²) in [4.78, 5) is 2.56. The lowest BCUT2D eigenvalue weighted by Crippen LogP contribution is -2.34. The lowest BCUT2D eigenvalue weighted by Gasteiger charge is -2.24. The van der Waals surface area contributed by atoms with Gasteiger partial charge in [-0.25, -0.2) is 8.42 Å². The number of hydrogen-bond acceptors (Lipinski definition) is 5. The Hall–Kier alpha value is -0.950. The first-order chi connectivity index (χ1) is 9.82. The third-order valence-corrected chi connectivity index (χ3v) is 5.19. The topological polar surface area (TPSA) is 77.8 Å². The molecule has 1 saturated heterocycles. The summed E-state index contributed by atoms with van der Waals surface area (Å²) in [5.74, 6) is 0. The van der Waals surface area contributed by atoms with Gasteiger partial charge in [-0.2, -0.15) is 0 Å². The lowest BCUT2D eigenvalue weighted by molar-refractivity contribution is -0.0255. The van der Waals surface area contributed by atoms with Crippen molar-refractivity contribution in [1.82, 2.24) is 4.90 Å². The normalized spacial score (nSPS) is 24.7. The van der Waals surface area contributed by atoms with Crippen molar-refractivity contribution in [2.75, 3.05) is 26.0 Å². The largest absolute Gasteiger partial charge is 0.393 e. The van der Waals surface area contributed by atoms with Gasteiger partial charge in [0.1, 0.15) is 0 Å². The van der Waals surface area contributed by atoms with Crippen LogP contribution in [0.1, 0.15) is 24.8 Å². The van der Waals surface area contributed by atoms with Crippen LogP contribution >= 0.6 is 0 Å². The van der Waals surface area contributed by atoms with Crippen LogP contribution in [0.15, 0.2) is 29.2 Å². The minimum Gasteiger partial charge on any atom is -0.393 e. The minimum atomic E-state index is -3.15. The van der Waals surface area contributed by atoms with E-state index in [2.05, 4.69) is 4.90 Å². The van der Waals surface area contributed by atoms with Crippen LogP contribution in [0.3, 0.4) is 0 Å². The fourth-order valence-corrected chi connectivity index (χ4v) is 3.28. The van der Waals surface area contributed by atoms with Crippen molar-refractivity contribution in [2.45, 2.75) is 36.3 Å². The zero-order chi connectivity index (χ0) is 15.5. The van der Waals surface area contributed by atoms with E-state index in [1.165, 1.54) is 6.26 Å². The van der Waals surface area contributed by atoms with Gasteiger partial charge in [-0.3, -0.25) is 4.90 Å². The van der Waals surface area contributed by atoms with Crippen LogP contribution in [-0.4, -0.2) is 55.1 Å². The first-order valence-corrected chi connectivity index (χ1v) is 9.06. The molecule has 21 heavy (non-hydrogen) atoms. The summed E-state index contributed by atoms with van der Waals surface area (Å²) in [7, 11) is -3.15. The molecule has 1 aromatic rings. The summed E-state index contributed by atoms with van der Waals surface area (Å²) < 4.78 is 22.8. The molecule has 1 aliphatic heterocycles. The zero-order valence-corrected chi connectivity index (χ0v) is 13.1. The molecule has 0 bridgehead atoms. The van der Waals surface area contributed by atoms with E-state index >= 15 is 0 Å². The van der Waals surface area contributed by atoms with Crippen molar-refractivity contribution in [2.24, 2.45) is 0 Å². The highest BCUT2D eigenvalue weighted by atomic mass is 32.2. The van der Waals surface area contributed by atoms with Gasteiger partial charge in [0.2, 0.25) is 0 Å². The molecule has 6 heteroatoms. The van der Waals surface area contributed by atoms with Gasteiger partial charge in [0.15, 0.2) is 9.84 Å². The Labute approximate surface area is 126 Å². The van der Waals surface area contributed by atoms with E-state index in [1.54, 1.807) is 12.1 Å². The van der Waals surface area contributed by atoms with Crippen LogP contribution < -0.4 is 0 Å². The van der Waals surface area contributed by atoms with Crippen LogP contribution in [0.25, 0.3) is 0 Å². The van der Waals surface area contributed by atoms with E-state index in [0.29, 0.717) is 17.7 Å². The highest BCUT2D eigenvalue weighted by molar-refractivity contribution is 7.90. The van der Waals surface area contributed by atoms with E-state index in [4.69, 9.17) is 0 Å². The second-order valence-electron chi connectivity index (χ2n) is 5.93. The van der Waals surface area contributed by atoms with Crippen molar-refractivity contribution in [3.05, 3.63) is 29.8 Å². The van der Waals surface area contributed by atoms with E-state index < -0.39 is 15.4 Å². The Kier molecular flexibility index (Phi) is 5.03. The van der Waals surface area contributed by atoms with E-state index in [-0.39, 0.29) is 6.61 Å². The highest BCUT2D eigenvalue weighted by Crippen LogP contribution is 2.23. The van der Waals surface area contributed by atoms with Gasteiger partial charge in [0.25, 0.3) is 0 Å². The number of nitrogens with zero attached hydrogens (tertiary/aromatic N) is 1. The molecule has 0 unspecified atom stereocenters. The molecular formula is C15H23NO4S. The number of hydrogen-bond donors (Lipinski definition) is 2. The van der Waals surface area contributed by atoms with Crippen molar-refractivity contribution in [3.63, 3.8) is 0 Å². The maximum absolute atomic E-state index is 11.4. The summed E-state index contributed by atoms with van der Waals surface area (Å²) in [6.07, 6.45) is 3.23. The molecule has 1 fully saturated rings. The van der Waals surface area contributed by atoms with E-state index in [1.807, 2.05) is 12.1 Å². The number of benzene rings is 1. The maximum Gasteiger partial charge on any atom is 0.175 e. The van der Waals surface area contributed by atoms with Gasteiger partial charge in [-0.15, -0.1) is 0 Å². The van der Waals surface area contributed by atoms with Gasteiger partial charge >= 0.3 is 0 Å². The van der Waals surface area contributed by atoms with Gasteiger partial charge < -0.3 is 10.2 Å². The monoisotopic (exact) mass is 313 g/mol. The molecule has 1 heterocycles. The molecule has 0 saturated carbocycles. The molecular weight excluding hydrogens is 290 g/mol. The Morgan fingerprint density at radius 2 is 1.86 bits per heavy atom. The number of sulfone groups is 1. The van der Waals surface area contributed by atoms with Crippen LogP contribution in [0.4, 0.5) is 0 Å². The maximum atomic E-state index is 11.4. The molecule has 1 aromatic carbocycles. The van der Waals surface area contributed by atoms with Gasteiger partial charge in [-0.05, 0) is 43.5 Å². The fraction of sp³-hybridized carbons (Fsp3) is 0.600. The second kappa shape index (κ2) is 6.44. The van der Waals surface area contributed by atoms with Crippen LogP contribution in [0.5, 0.6) is 0 Å². The van der Waals surface area contributed by atoms with Gasteiger partial charge in [-0.1, -0.05) is 12.1 Å². The molecule has 1 aliphatic rings. The molecule has 0 aliphatic carbocycles. The minimum absolute atomic E-state index is 0.191. The van der Waals surface area contributed by atoms with Crippen molar-refractivity contribution >= 4 is 9.84 Å². The van der Waals surface area contributed by atoms with E-state index in [0.717, 1.165) is 31.6 Å². The van der Waals surface area contributed by atoms with Crippen LogP contribution in [0.2, 0.25) is 0 Å². The van der Waals surface area contributed by atoms with Crippen molar-refractivity contribution in [3.8, 4) is 0 Å². The molecule has 2 rings (SSSR count). The summed E-state index contributed by atoms with van der Waals surface area (Å²) in [6, 6.07) is 6.93. The average molecular weight is 313 g/mol. The van der Waals surface area contributed by atoms with Crippen LogP contribution in [-0.2, 0) is 16.4 Å². The first kappa shape index (κ1) is 16.4. The summed E-state index contributed by atoms with van der Waals surface area (Å²) in [6.45, 7) is 2.14. The zero-order valence-electron chi connectivity index (χ0n) is 12.3. The molecule has 0 amide bonds. The van der Waals surface area contributed by atoms with Crippen LogP contribution in [0, 0.1) is 0 Å². The summed E-state index contributed by atoms with van der Waals surface area (Å²) >= 11 is 0. The SMILES string of the molecule is CS(=O)(=O)c1ccc(CN2CCC[C@@](O)(CO)CC2)cc1. The Bertz CT molecular complexity index is 570. The number of aliphatic hydroxyl groups is 2. The number of rotatable bonds is 4. The lowest BCUT2D eigenvalue weighted by atomic mass is 9.96. The molecule has 118 valence electrons. The third-order valence-electron chi connectivity index (χ3n) is 4.06. The summed E-state index contributed by atoms with van der Waals surface area (Å²) in [5.41, 5.74) is 0.103. The number of likely N-dealkylation sites (tertiary alicyclic amines) is 1. The molecule has 0 aromatic heterocycles. The highest BCUT2D eigenvalue weighted by Gasteiger charge is 2.29. The molecule has 1 atom stereocenters. The van der Waals surface area contributed by atoms with Gasteiger partial charge in [0, 0.05) is 19.3 Å². The molecule has 0 radical (unpaired) electrons. The average Bonchev–Trinajstić information content (AvgIpc) is 2.62. The quantitative estimate of drug-likeness (QED) is 0.860. The summed E-state index contributed by atoms with van der Waals surface area (Å²) in [5, 5.41) is 19.4. The molecule has 5 nitrogen and oxygen atoms in total.